The van der Waals surface area contributed by atoms with Gasteiger partial charge in [0.2, 0.25) is 0 Å². The highest BCUT2D eigenvalue weighted by Gasteiger charge is 2.30. The minimum Gasteiger partial charge on any atom is -0.265 e. The molecule has 110 valence electrons. The standard InChI is InChI=1S/C16H10F3N3/c17-16(18,19)13-3-1-2-12(10-13)15-14(21-8-9-22-15)11-4-6-20-7-5-11/h1-10H. The Morgan fingerprint density at radius 3 is 2.00 bits per heavy atom. The Balaban J connectivity index is 2.14. The largest absolute Gasteiger partial charge is 0.416 e. The zero-order valence-corrected chi connectivity index (χ0v) is 11.2. The molecule has 0 saturated heterocycles. The molecule has 0 aliphatic rings. The lowest BCUT2D eigenvalue weighted by atomic mass is 10.0. The van der Waals surface area contributed by atoms with Crippen LogP contribution in [0.1, 0.15) is 5.56 Å². The Kier molecular flexibility index (Phi) is 3.58. The van der Waals surface area contributed by atoms with Crippen LogP contribution < -0.4 is 0 Å². The second kappa shape index (κ2) is 5.55. The zero-order valence-electron chi connectivity index (χ0n) is 11.2. The van der Waals surface area contributed by atoms with E-state index in [-0.39, 0.29) is 0 Å². The van der Waals surface area contributed by atoms with Crippen molar-refractivity contribution in [3.05, 3.63) is 66.7 Å². The lowest BCUT2D eigenvalue weighted by Crippen LogP contribution is -2.05. The lowest BCUT2D eigenvalue weighted by molar-refractivity contribution is -0.137. The van der Waals surface area contributed by atoms with Gasteiger partial charge in [-0.25, -0.2) is 0 Å². The first-order valence-electron chi connectivity index (χ1n) is 6.45. The predicted octanol–water partition coefficient (Wildman–Crippen LogP) is 4.22. The predicted molar refractivity (Wildman–Crippen MR) is 75.7 cm³/mol. The molecule has 0 aliphatic heterocycles. The van der Waals surface area contributed by atoms with Gasteiger partial charge in [0.1, 0.15) is 0 Å². The van der Waals surface area contributed by atoms with Crippen LogP contribution in [0.4, 0.5) is 13.2 Å². The van der Waals surface area contributed by atoms with Gasteiger partial charge < -0.3 is 0 Å². The highest BCUT2D eigenvalue weighted by atomic mass is 19.4. The summed E-state index contributed by atoms with van der Waals surface area (Å²) in [7, 11) is 0. The van der Waals surface area contributed by atoms with Gasteiger partial charge in [-0.05, 0) is 24.3 Å². The van der Waals surface area contributed by atoms with E-state index in [1.807, 2.05) is 0 Å². The second-order valence-corrected chi connectivity index (χ2v) is 4.57. The van der Waals surface area contributed by atoms with Crippen LogP contribution in [0, 0.1) is 0 Å². The first kappa shape index (κ1) is 14.2. The van der Waals surface area contributed by atoms with Crippen molar-refractivity contribution in [2.24, 2.45) is 0 Å². The number of rotatable bonds is 2. The molecule has 2 aromatic heterocycles. The van der Waals surface area contributed by atoms with Gasteiger partial charge >= 0.3 is 6.18 Å². The number of benzene rings is 1. The molecule has 0 saturated carbocycles. The number of aromatic nitrogens is 3. The molecule has 0 aliphatic carbocycles. The maximum Gasteiger partial charge on any atom is 0.416 e. The van der Waals surface area contributed by atoms with E-state index in [1.54, 1.807) is 30.6 Å². The fourth-order valence-electron chi connectivity index (χ4n) is 2.11. The van der Waals surface area contributed by atoms with Gasteiger partial charge in [0.25, 0.3) is 0 Å². The Labute approximate surface area is 124 Å². The molecule has 3 rings (SSSR count). The molecule has 0 spiro atoms. The van der Waals surface area contributed by atoms with Crippen molar-refractivity contribution in [2.75, 3.05) is 0 Å². The zero-order chi connectivity index (χ0) is 15.6. The highest BCUT2D eigenvalue weighted by Crippen LogP contribution is 2.34. The molecular weight excluding hydrogens is 291 g/mol. The molecule has 0 fully saturated rings. The third-order valence-electron chi connectivity index (χ3n) is 3.12. The van der Waals surface area contributed by atoms with Gasteiger partial charge in [-0.1, -0.05) is 12.1 Å². The number of hydrogen-bond acceptors (Lipinski definition) is 3. The van der Waals surface area contributed by atoms with Crippen LogP contribution in [0.25, 0.3) is 22.5 Å². The van der Waals surface area contributed by atoms with Crippen molar-refractivity contribution in [1.82, 2.24) is 15.0 Å². The van der Waals surface area contributed by atoms with Crippen LogP contribution in [0.2, 0.25) is 0 Å². The molecule has 2 heterocycles. The number of halogens is 3. The minimum atomic E-state index is -4.39. The molecule has 0 N–H and O–H groups in total. The van der Waals surface area contributed by atoms with Gasteiger partial charge in [0, 0.05) is 35.9 Å². The van der Waals surface area contributed by atoms with Gasteiger partial charge in [-0.3, -0.25) is 15.0 Å². The summed E-state index contributed by atoms with van der Waals surface area (Å²) in [5.41, 5.74) is 1.32. The van der Waals surface area contributed by atoms with Crippen molar-refractivity contribution in [1.29, 1.82) is 0 Å². The smallest absolute Gasteiger partial charge is 0.265 e. The molecule has 0 unspecified atom stereocenters. The van der Waals surface area contributed by atoms with Crippen molar-refractivity contribution in [3.63, 3.8) is 0 Å². The third-order valence-corrected chi connectivity index (χ3v) is 3.12. The Morgan fingerprint density at radius 2 is 1.36 bits per heavy atom. The Bertz CT molecular complexity index is 786. The average Bonchev–Trinajstić information content (AvgIpc) is 2.55. The number of nitrogens with zero attached hydrogens (tertiary/aromatic N) is 3. The summed E-state index contributed by atoms with van der Waals surface area (Å²) in [6, 6.07) is 8.54. The van der Waals surface area contributed by atoms with E-state index >= 15 is 0 Å². The van der Waals surface area contributed by atoms with E-state index in [0.29, 0.717) is 17.0 Å². The van der Waals surface area contributed by atoms with Crippen LogP contribution in [0.5, 0.6) is 0 Å². The lowest BCUT2D eigenvalue weighted by Gasteiger charge is -2.11. The summed E-state index contributed by atoms with van der Waals surface area (Å²) in [4.78, 5) is 12.4. The van der Waals surface area contributed by atoms with E-state index in [4.69, 9.17) is 0 Å². The number of hydrogen-bond donors (Lipinski definition) is 0. The van der Waals surface area contributed by atoms with Crippen LogP contribution in [0.3, 0.4) is 0 Å². The minimum absolute atomic E-state index is 0.370. The van der Waals surface area contributed by atoms with E-state index < -0.39 is 11.7 Å². The highest BCUT2D eigenvalue weighted by molar-refractivity contribution is 5.77. The molecule has 1 aromatic carbocycles. The first-order valence-corrected chi connectivity index (χ1v) is 6.45. The van der Waals surface area contributed by atoms with Crippen LogP contribution in [-0.2, 0) is 6.18 Å². The maximum atomic E-state index is 12.9. The number of alkyl halides is 3. The molecule has 22 heavy (non-hydrogen) atoms. The van der Waals surface area contributed by atoms with Gasteiger partial charge in [0.15, 0.2) is 0 Å². The molecule has 3 nitrogen and oxygen atoms in total. The average molecular weight is 301 g/mol. The maximum absolute atomic E-state index is 12.9. The molecular formula is C16H10F3N3. The van der Waals surface area contributed by atoms with Gasteiger partial charge in [-0.2, -0.15) is 13.2 Å². The first-order chi connectivity index (χ1) is 10.6. The van der Waals surface area contributed by atoms with Crippen molar-refractivity contribution >= 4 is 0 Å². The normalized spacial score (nSPS) is 11.4. The summed E-state index contributed by atoms with van der Waals surface area (Å²) >= 11 is 0. The van der Waals surface area contributed by atoms with Gasteiger partial charge in [0.05, 0.1) is 17.0 Å². The SMILES string of the molecule is FC(F)(F)c1cccc(-c2nccnc2-c2ccncc2)c1. The summed E-state index contributed by atoms with van der Waals surface area (Å²) < 4.78 is 38.6. The fourth-order valence-corrected chi connectivity index (χ4v) is 2.11. The molecule has 0 atom stereocenters. The third kappa shape index (κ3) is 2.81. The van der Waals surface area contributed by atoms with Crippen molar-refractivity contribution in [3.8, 4) is 22.5 Å². The van der Waals surface area contributed by atoms with Crippen molar-refractivity contribution in [2.45, 2.75) is 6.18 Å². The Hall–Kier alpha value is -2.76. The molecule has 0 bridgehead atoms. The number of pyridine rings is 1. The summed E-state index contributed by atoms with van der Waals surface area (Å²) in [5, 5.41) is 0. The fraction of sp³-hybridized carbons (Fsp3) is 0.0625. The van der Waals surface area contributed by atoms with E-state index in [2.05, 4.69) is 15.0 Å². The quantitative estimate of drug-likeness (QED) is 0.711. The van der Waals surface area contributed by atoms with E-state index in [9.17, 15) is 13.2 Å². The van der Waals surface area contributed by atoms with E-state index in [1.165, 1.54) is 18.5 Å². The van der Waals surface area contributed by atoms with Crippen LogP contribution in [0.15, 0.2) is 61.2 Å². The molecule has 0 amide bonds. The second-order valence-electron chi connectivity index (χ2n) is 4.57. The van der Waals surface area contributed by atoms with Crippen molar-refractivity contribution < 1.29 is 13.2 Å². The monoisotopic (exact) mass is 301 g/mol. The summed E-state index contributed by atoms with van der Waals surface area (Å²) in [6.45, 7) is 0. The molecule has 3 aromatic rings. The molecule has 6 heteroatoms. The topological polar surface area (TPSA) is 38.7 Å². The Morgan fingerprint density at radius 1 is 0.727 bits per heavy atom. The van der Waals surface area contributed by atoms with Gasteiger partial charge in [-0.15, -0.1) is 0 Å². The van der Waals surface area contributed by atoms with Crippen LogP contribution in [-0.4, -0.2) is 15.0 Å². The summed E-state index contributed by atoms with van der Waals surface area (Å²) in [6.07, 6.45) is 1.77. The summed E-state index contributed by atoms with van der Waals surface area (Å²) in [5.74, 6) is 0. The van der Waals surface area contributed by atoms with Crippen LogP contribution >= 0.6 is 0 Å². The molecule has 0 radical (unpaired) electrons. The van der Waals surface area contributed by atoms with E-state index in [0.717, 1.165) is 17.7 Å².